The minimum atomic E-state index is 0.0699. The number of ether oxygens (including phenoxy) is 2. The van der Waals surface area contributed by atoms with Crippen LogP contribution in [-0.4, -0.2) is 18.6 Å². The van der Waals surface area contributed by atoms with E-state index in [9.17, 15) is 4.79 Å². The molecule has 1 fully saturated rings. The van der Waals surface area contributed by atoms with Gasteiger partial charge in [-0.2, -0.15) is 0 Å². The van der Waals surface area contributed by atoms with Crippen LogP contribution < -0.4 is 10.1 Å². The molecule has 0 unspecified atom stereocenters. The molecule has 4 nitrogen and oxygen atoms in total. The summed E-state index contributed by atoms with van der Waals surface area (Å²) in [4.78, 5) is 12.2. The lowest BCUT2D eigenvalue weighted by atomic mass is 10.1. The van der Waals surface area contributed by atoms with Crippen LogP contribution in [0.15, 0.2) is 48.5 Å². The maximum Gasteiger partial charge on any atom is 0.220 e. The quantitative estimate of drug-likeness (QED) is 0.643. The number of hydrogen-bond donors (Lipinski definition) is 1. The Morgan fingerprint density at radius 2 is 1.79 bits per heavy atom. The summed E-state index contributed by atoms with van der Waals surface area (Å²) in [6.07, 6.45) is 6.40. The van der Waals surface area contributed by atoms with Gasteiger partial charge in [0.15, 0.2) is 0 Å². The van der Waals surface area contributed by atoms with Crippen LogP contribution in [0.4, 0.5) is 0 Å². The fraction of sp³-hybridized carbons (Fsp3) is 0.458. The molecular formula is C24H31NO3. The monoisotopic (exact) mass is 381 g/mol. The lowest BCUT2D eigenvalue weighted by Crippen LogP contribution is -2.23. The summed E-state index contributed by atoms with van der Waals surface area (Å²) in [7, 11) is 0. The Balaban J connectivity index is 1.40. The molecule has 0 radical (unpaired) electrons. The summed E-state index contributed by atoms with van der Waals surface area (Å²) in [5, 5.41) is 3.00. The van der Waals surface area contributed by atoms with E-state index in [1.165, 1.54) is 12.8 Å². The summed E-state index contributed by atoms with van der Waals surface area (Å²) >= 11 is 0. The second-order valence-corrected chi connectivity index (χ2v) is 7.40. The van der Waals surface area contributed by atoms with E-state index in [1.54, 1.807) is 0 Å². The minimum Gasteiger partial charge on any atom is -0.490 e. The maximum absolute atomic E-state index is 12.2. The van der Waals surface area contributed by atoms with E-state index in [4.69, 9.17) is 9.47 Å². The summed E-state index contributed by atoms with van der Waals surface area (Å²) in [5.41, 5.74) is 3.39. The zero-order chi connectivity index (χ0) is 19.6. The van der Waals surface area contributed by atoms with E-state index in [0.29, 0.717) is 32.3 Å². The van der Waals surface area contributed by atoms with Crippen LogP contribution in [0.5, 0.6) is 5.75 Å². The number of nitrogens with one attached hydrogen (secondary N) is 1. The van der Waals surface area contributed by atoms with Crippen molar-refractivity contribution in [1.82, 2.24) is 5.32 Å². The summed E-state index contributed by atoms with van der Waals surface area (Å²) < 4.78 is 11.5. The molecule has 2 aromatic rings. The molecule has 1 aliphatic carbocycles. The first-order valence-corrected chi connectivity index (χ1v) is 10.4. The molecule has 0 spiro atoms. The van der Waals surface area contributed by atoms with Crippen LogP contribution in [0.3, 0.4) is 0 Å². The van der Waals surface area contributed by atoms with Gasteiger partial charge in [0.25, 0.3) is 0 Å². The van der Waals surface area contributed by atoms with Crippen LogP contribution in [0.1, 0.15) is 55.7 Å². The molecule has 0 heterocycles. The molecule has 2 aromatic carbocycles. The summed E-state index contributed by atoms with van der Waals surface area (Å²) in [5.74, 6) is 0.998. The molecule has 150 valence electrons. The number of benzene rings is 2. The van der Waals surface area contributed by atoms with E-state index >= 15 is 0 Å². The number of amides is 1. The zero-order valence-electron chi connectivity index (χ0n) is 16.8. The van der Waals surface area contributed by atoms with Crippen molar-refractivity contribution < 1.29 is 14.3 Å². The molecule has 4 heteroatoms. The summed E-state index contributed by atoms with van der Waals surface area (Å²) in [6, 6.07) is 16.3. The number of aryl methyl sites for hydroxylation is 1. The highest BCUT2D eigenvalue weighted by atomic mass is 16.5. The van der Waals surface area contributed by atoms with Gasteiger partial charge in [0.1, 0.15) is 5.75 Å². The van der Waals surface area contributed by atoms with E-state index in [2.05, 4.69) is 17.4 Å². The SMILES string of the molecule is CCOCc1ccc(CNC(=O)CCc2cccc(OC3CCCC3)c2)cc1. The topological polar surface area (TPSA) is 47.6 Å². The Bertz CT molecular complexity index is 736. The first-order valence-electron chi connectivity index (χ1n) is 10.4. The van der Waals surface area contributed by atoms with Gasteiger partial charge in [0.05, 0.1) is 12.7 Å². The third kappa shape index (κ3) is 6.68. The zero-order valence-corrected chi connectivity index (χ0v) is 16.8. The normalized spacial score (nSPS) is 14.2. The highest BCUT2D eigenvalue weighted by Crippen LogP contribution is 2.24. The third-order valence-electron chi connectivity index (χ3n) is 5.13. The average Bonchev–Trinajstić information content (AvgIpc) is 3.23. The van der Waals surface area contributed by atoms with Gasteiger partial charge in [-0.1, -0.05) is 36.4 Å². The van der Waals surface area contributed by atoms with Gasteiger partial charge in [-0.3, -0.25) is 4.79 Å². The van der Waals surface area contributed by atoms with Crippen molar-refractivity contribution >= 4 is 5.91 Å². The Labute approximate surface area is 168 Å². The predicted molar refractivity (Wildman–Crippen MR) is 111 cm³/mol. The average molecular weight is 382 g/mol. The molecule has 1 N–H and O–H groups in total. The Kier molecular flexibility index (Phi) is 7.92. The van der Waals surface area contributed by atoms with E-state index in [-0.39, 0.29) is 5.91 Å². The Morgan fingerprint density at radius 1 is 1.04 bits per heavy atom. The van der Waals surface area contributed by atoms with Crippen LogP contribution in [0, 0.1) is 0 Å². The van der Waals surface area contributed by atoms with Gasteiger partial charge in [-0.05, 0) is 67.9 Å². The molecule has 0 saturated heterocycles. The molecule has 0 atom stereocenters. The van der Waals surface area contributed by atoms with E-state index in [1.807, 2.05) is 43.3 Å². The van der Waals surface area contributed by atoms with Crippen molar-refractivity contribution in [3.63, 3.8) is 0 Å². The van der Waals surface area contributed by atoms with Crippen LogP contribution in [0.2, 0.25) is 0 Å². The standard InChI is InChI=1S/C24H31NO3/c1-2-27-18-21-12-10-20(11-13-21)17-25-24(26)15-14-19-6-5-9-23(16-19)28-22-7-3-4-8-22/h5-6,9-13,16,22H,2-4,7-8,14-15,17-18H2,1H3,(H,25,26). The van der Waals surface area contributed by atoms with Gasteiger partial charge in [0.2, 0.25) is 5.91 Å². The molecule has 0 aliphatic heterocycles. The Hall–Kier alpha value is -2.33. The first kappa shape index (κ1) is 20.4. The van der Waals surface area contributed by atoms with Crippen molar-refractivity contribution in [3.8, 4) is 5.75 Å². The lowest BCUT2D eigenvalue weighted by Gasteiger charge is -2.14. The molecule has 0 aromatic heterocycles. The van der Waals surface area contributed by atoms with Gasteiger partial charge >= 0.3 is 0 Å². The fourth-order valence-electron chi connectivity index (χ4n) is 3.49. The fourth-order valence-corrected chi connectivity index (χ4v) is 3.49. The first-order chi connectivity index (χ1) is 13.7. The van der Waals surface area contributed by atoms with Crippen molar-refractivity contribution in [2.45, 2.75) is 64.7 Å². The maximum atomic E-state index is 12.2. The van der Waals surface area contributed by atoms with E-state index < -0.39 is 0 Å². The minimum absolute atomic E-state index is 0.0699. The number of carbonyl (C=O) groups is 1. The van der Waals surface area contributed by atoms with E-state index in [0.717, 1.165) is 41.7 Å². The van der Waals surface area contributed by atoms with Gasteiger partial charge < -0.3 is 14.8 Å². The lowest BCUT2D eigenvalue weighted by molar-refractivity contribution is -0.121. The smallest absolute Gasteiger partial charge is 0.220 e. The number of hydrogen-bond acceptors (Lipinski definition) is 3. The molecular weight excluding hydrogens is 350 g/mol. The van der Waals surface area contributed by atoms with Crippen molar-refractivity contribution in [1.29, 1.82) is 0 Å². The van der Waals surface area contributed by atoms with Crippen LogP contribution >= 0.6 is 0 Å². The largest absolute Gasteiger partial charge is 0.490 e. The molecule has 1 saturated carbocycles. The van der Waals surface area contributed by atoms with Crippen molar-refractivity contribution in [3.05, 3.63) is 65.2 Å². The van der Waals surface area contributed by atoms with Gasteiger partial charge in [-0.15, -0.1) is 0 Å². The summed E-state index contributed by atoms with van der Waals surface area (Å²) in [6.45, 7) is 3.89. The van der Waals surface area contributed by atoms with Crippen molar-refractivity contribution in [2.24, 2.45) is 0 Å². The highest BCUT2D eigenvalue weighted by molar-refractivity contribution is 5.76. The molecule has 1 amide bonds. The molecule has 0 bridgehead atoms. The molecule has 1 aliphatic rings. The molecule has 28 heavy (non-hydrogen) atoms. The van der Waals surface area contributed by atoms with Crippen LogP contribution in [-0.2, 0) is 29.1 Å². The third-order valence-corrected chi connectivity index (χ3v) is 5.13. The number of carbonyl (C=O) groups excluding carboxylic acids is 1. The molecule has 3 rings (SSSR count). The van der Waals surface area contributed by atoms with Crippen molar-refractivity contribution in [2.75, 3.05) is 6.61 Å². The van der Waals surface area contributed by atoms with Gasteiger partial charge in [0, 0.05) is 19.6 Å². The Morgan fingerprint density at radius 3 is 2.54 bits per heavy atom. The second-order valence-electron chi connectivity index (χ2n) is 7.40. The number of rotatable bonds is 10. The second kappa shape index (κ2) is 10.9. The van der Waals surface area contributed by atoms with Crippen LogP contribution in [0.25, 0.3) is 0 Å². The van der Waals surface area contributed by atoms with Gasteiger partial charge in [-0.25, -0.2) is 0 Å². The highest BCUT2D eigenvalue weighted by Gasteiger charge is 2.16. The predicted octanol–water partition coefficient (Wildman–Crippen LogP) is 4.79.